The molecule has 0 aliphatic carbocycles. The Bertz CT molecular complexity index is 1310. The fourth-order valence-corrected chi connectivity index (χ4v) is 4.04. The number of para-hydroxylation sites is 1. The maximum absolute atomic E-state index is 12.9. The summed E-state index contributed by atoms with van der Waals surface area (Å²) in [7, 11) is 1.54. The number of ketones is 1. The van der Waals surface area contributed by atoms with Crippen LogP contribution < -0.4 is 20.1 Å². The van der Waals surface area contributed by atoms with E-state index in [0.29, 0.717) is 34.0 Å². The first-order valence-electron chi connectivity index (χ1n) is 9.42. The summed E-state index contributed by atoms with van der Waals surface area (Å²) in [6.45, 7) is 2.23. The Morgan fingerprint density at radius 1 is 1.23 bits per heavy atom. The highest BCUT2D eigenvalue weighted by atomic mass is 32.2. The van der Waals surface area contributed by atoms with Gasteiger partial charge in [-0.3, -0.25) is 14.2 Å². The third kappa shape index (κ3) is 3.89. The van der Waals surface area contributed by atoms with E-state index in [1.165, 1.54) is 11.7 Å². The van der Waals surface area contributed by atoms with Crippen molar-refractivity contribution in [2.75, 3.05) is 12.9 Å². The topological polar surface area (TPSA) is 114 Å². The number of fused-ring (bicyclic) bond motifs is 1. The first-order chi connectivity index (χ1) is 15.0. The molecule has 0 bridgehead atoms. The van der Waals surface area contributed by atoms with Crippen LogP contribution >= 0.6 is 11.8 Å². The molecular formula is C21H18N4O5S. The van der Waals surface area contributed by atoms with Gasteiger partial charge >= 0.3 is 5.69 Å². The average molecular weight is 438 g/mol. The van der Waals surface area contributed by atoms with Gasteiger partial charge in [0.2, 0.25) is 11.5 Å². The van der Waals surface area contributed by atoms with E-state index in [0.717, 1.165) is 16.4 Å². The molecule has 0 radical (unpaired) electrons. The molecule has 0 fully saturated rings. The maximum atomic E-state index is 12.9. The molecule has 4 rings (SSSR count). The van der Waals surface area contributed by atoms with Gasteiger partial charge in [0.15, 0.2) is 11.1 Å². The molecule has 9 nitrogen and oxygen atoms in total. The number of ether oxygens (including phenoxy) is 1. The first kappa shape index (κ1) is 20.6. The lowest BCUT2D eigenvalue weighted by Crippen LogP contribution is -2.39. The zero-order valence-electron chi connectivity index (χ0n) is 16.8. The summed E-state index contributed by atoms with van der Waals surface area (Å²) in [4.78, 5) is 30.1. The number of nitrogens with zero attached hydrogens (tertiary/aromatic N) is 4. The van der Waals surface area contributed by atoms with Gasteiger partial charge in [0, 0.05) is 18.7 Å². The smallest absolute Gasteiger partial charge is 0.307 e. The molecule has 10 heteroatoms. The van der Waals surface area contributed by atoms with Crippen LogP contribution in [0.3, 0.4) is 0 Å². The van der Waals surface area contributed by atoms with E-state index in [2.05, 4.69) is 10.3 Å². The lowest BCUT2D eigenvalue weighted by molar-refractivity contribution is -0.672. The van der Waals surface area contributed by atoms with E-state index < -0.39 is 11.7 Å². The number of benzene rings is 2. The van der Waals surface area contributed by atoms with Crippen LogP contribution in [0.2, 0.25) is 0 Å². The Hall–Kier alpha value is -3.66. The molecule has 0 aliphatic heterocycles. The molecule has 0 N–H and O–H groups in total. The predicted molar refractivity (Wildman–Crippen MR) is 111 cm³/mol. The molecule has 0 saturated heterocycles. The SMILES string of the molecule is CCn1c(SCC(=O)c2c([O-])on[n+]2-c2ccc(OC)cc2)nc2ccccc2c1=O. The zero-order chi connectivity index (χ0) is 22.0. The quantitative estimate of drug-likeness (QED) is 0.186. The summed E-state index contributed by atoms with van der Waals surface area (Å²) < 4.78 is 12.5. The van der Waals surface area contributed by atoms with Crippen LogP contribution in [0.5, 0.6) is 11.7 Å². The van der Waals surface area contributed by atoms with Crippen molar-refractivity contribution in [2.45, 2.75) is 18.6 Å². The van der Waals surface area contributed by atoms with Gasteiger partial charge in [0.05, 0.1) is 29.0 Å². The van der Waals surface area contributed by atoms with E-state index in [1.807, 2.05) is 6.92 Å². The number of hydrogen-bond acceptors (Lipinski definition) is 8. The molecule has 31 heavy (non-hydrogen) atoms. The number of thioether (sulfide) groups is 1. The number of carbonyl (C=O) groups is 1. The summed E-state index contributed by atoms with van der Waals surface area (Å²) in [5, 5.41) is 16.8. The van der Waals surface area contributed by atoms with Gasteiger partial charge in [-0.05, 0) is 35.9 Å². The van der Waals surface area contributed by atoms with Gasteiger partial charge in [-0.15, -0.1) is 0 Å². The van der Waals surface area contributed by atoms with Crippen LogP contribution in [-0.4, -0.2) is 33.5 Å². The lowest BCUT2D eigenvalue weighted by atomic mass is 10.2. The van der Waals surface area contributed by atoms with Crippen LogP contribution in [0.25, 0.3) is 16.6 Å². The zero-order valence-corrected chi connectivity index (χ0v) is 17.6. The number of aromatic nitrogens is 4. The highest BCUT2D eigenvalue weighted by molar-refractivity contribution is 7.99. The van der Waals surface area contributed by atoms with Crippen molar-refractivity contribution in [3.05, 3.63) is 64.6 Å². The number of carbonyl (C=O) groups excluding carboxylic acids is 1. The van der Waals surface area contributed by atoms with Crippen molar-refractivity contribution in [3.8, 4) is 17.4 Å². The molecule has 158 valence electrons. The highest BCUT2D eigenvalue weighted by Gasteiger charge is 2.28. The molecule has 0 unspecified atom stereocenters. The fourth-order valence-electron chi connectivity index (χ4n) is 3.12. The molecule has 2 aromatic heterocycles. The second kappa shape index (κ2) is 8.60. The van der Waals surface area contributed by atoms with Gasteiger partial charge < -0.3 is 14.4 Å². The van der Waals surface area contributed by atoms with Crippen molar-refractivity contribution < 1.29 is 23.8 Å². The molecule has 0 saturated carbocycles. The van der Waals surface area contributed by atoms with E-state index in [1.54, 1.807) is 48.5 Å². The van der Waals surface area contributed by atoms with Crippen molar-refractivity contribution in [2.24, 2.45) is 0 Å². The second-order valence-electron chi connectivity index (χ2n) is 6.49. The highest BCUT2D eigenvalue weighted by Crippen LogP contribution is 2.21. The van der Waals surface area contributed by atoms with E-state index in [9.17, 15) is 14.7 Å². The van der Waals surface area contributed by atoms with Gasteiger partial charge in [0.25, 0.3) is 5.56 Å². The fraction of sp³-hybridized carbons (Fsp3) is 0.190. The Kier molecular flexibility index (Phi) is 5.72. The third-order valence-electron chi connectivity index (χ3n) is 4.67. The van der Waals surface area contributed by atoms with Crippen LogP contribution in [0.15, 0.2) is 63.0 Å². The molecular weight excluding hydrogens is 420 g/mol. The summed E-state index contributed by atoms with van der Waals surface area (Å²) in [5.74, 6) is -0.811. The Balaban J connectivity index is 1.63. The van der Waals surface area contributed by atoms with E-state index in [-0.39, 0.29) is 17.0 Å². The van der Waals surface area contributed by atoms with E-state index >= 15 is 0 Å². The second-order valence-corrected chi connectivity index (χ2v) is 7.43. The Morgan fingerprint density at radius 2 is 1.97 bits per heavy atom. The third-order valence-corrected chi connectivity index (χ3v) is 5.64. The minimum absolute atomic E-state index is 0.114. The number of methoxy groups -OCH3 is 1. The van der Waals surface area contributed by atoms with Crippen LogP contribution in [0.4, 0.5) is 0 Å². The largest absolute Gasteiger partial charge is 0.539 e. The first-order valence-corrected chi connectivity index (χ1v) is 10.4. The number of hydrogen-bond donors (Lipinski definition) is 0. The molecule has 2 heterocycles. The minimum Gasteiger partial charge on any atom is -0.539 e. The summed E-state index contributed by atoms with van der Waals surface area (Å²) in [6.07, 6.45) is 0. The Labute approximate surface area is 180 Å². The Morgan fingerprint density at radius 3 is 2.68 bits per heavy atom. The minimum atomic E-state index is -0.833. The van der Waals surface area contributed by atoms with Crippen LogP contribution in [0.1, 0.15) is 17.4 Å². The molecule has 0 amide bonds. The van der Waals surface area contributed by atoms with Crippen molar-refractivity contribution in [3.63, 3.8) is 0 Å². The van der Waals surface area contributed by atoms with Gasteiger partial charge in [-0.1, -0.05) is 23.9 Å². The average Bonchev–Trinajstić information content (AvgIpc) is 3.19. The predicted octanol–water partition coefficient (Wildman–Crippen LogP) is 1.74. The van der Waals surface area contributed by atoms with E-state index in [4.69, 9.17) is 9.26 Å². The molecule has 4 aromatic rings. The monoisotopic (exact) mass is 438 g/mol. The lowest BCUT2D eigenvalue weighted by Gasteiger charge is -2.10. The number of Topliss-reactive ketones (excluding diaryl/α,β-unsaturated/α-hetero) is 1. The van der Waals surface area contributed by atoms with Gasteiger partial charge in [-0.25, -0.2) is 4.98 Å². The molecule has 0 atom stereocenters. The van der Waals surface area contributed by atoms with Gasteiger partial charge in [0.1, 0.15) is 5.75 Å². The summed E-state index contributed by atoms with van der Waals surface area (Å²) in [6, 6.07) is 13.7. The van der Waals surface area contributed by atoms with Crippen molar-refractivity contribution >= 4 is 28.4 Å². The molecule has 0 aliphatic rings. The van der Waals surface area contributed by atoms with Crippen LogP contribution in [0, 0.1) is 0 Å². The molecule has 2 aromatic carbocycles. The van der Waals surface area contributed by atoms with Gasteiger partial charge in [-0.2, -0.15) is 0 Å². The summed E-state index contributed by atoms with van der Waals surface area (Å²) >= 11 is 1.09. The summed E-state index contributed by atoms with van der Waals surface area (Å²) in [5.41, 5.74) is 0.652. The standard InChI is InChI=1S/C21H18N4O5S/c1-3-24-19(27)15-6-4-5-7-16(15)22-21(24)31-12-17(26)18-20(28)30-23-25(18)13-8-10-14(29-2)11-9-13/h4-11H,3,12H2,1-2H3. The number of rotatable bonds is 7. The van der Waals surface area contributed by atoms with Crippen molar-refractivity contribution in [1.82, 2.24) is 14.8 Å². The molecule has 0 spiro atoms. The van der Waals surface area contributed by atoms with Crippen LogP contribution in [-0.2, 0) is 6.54 Å². The maximum Gasteiger partial charge on any atom is 0.307 e. The normalized spacial score (nSPS) is 11.0. The van der Waals surface area contributed by atoms with Crippen molar-refractivity contribution in [1.29, 1.82) is 0 Å².